The normalized spacial score (nSPS) is 18.8. The molecule has 0 radical (unpaired) electrons. The lowest BCUT2D eigenvalue weighted by atomic mass is 9.94. The van der Waals surface area contributed by atoms with Crippen molar-refractivity contribution >= 4 is 17.5 Å². The number of carbonyl (C=O) groups is 1. The molecule has 6 nitrogen and oxygen atoms in total. The van der Waals surface area contributed by atoms with Gasteiger partial charge in [0, 0.05) is 35.6 Å². The van der Waals surface area contributed by atoms with E-state index in [4.69, 9.17) is 25.8 Å². The summed E-state index contributed by atoms with van der Waals surface area (Å²) in [5.74, 6) is 1.51. The maximum atomic E-state index is 13.2. The number of benzene rings is 2. The third-order valence-corrected chi connectivity index (χ3v) is 5.44. The van der Waals surface area contributed by atoms with Crippen molar-refractivity contribution in [1.82, 2.24) is 10.2 Å². The first-order valence-corrected chi connectivity index (χ1v) is 9.42. The summed E-state index contributed by atoms with van der Waals surface area (Å²) in [5, 5.41) is 4.03. The molecule has 1 aliphatic rings. The Morgan fingerprint density at radius 3 is 2.14 bits per heavy atom. The average Bonchev–Trinajstić information content (AvgIpc) is 3.16. The van der Waals surface area contributed by atoms with Crippen molar-refractivity contribution in [2.24, 2.45) is 0 Å². The van der Waals surface area contributed by atoms with Gasteiger partial charge in [0.25, 0.3) is 5.91 Å². The second-order valence-electron chi connectivity index (χ2n) is 6.68. The Hall–Kier alpha value is -2.44. The highest BCUT2D eigenvalue weighted by atomic mass is 35.5. The van der Waals surface area contributed by atoms with Gasteiger partial charge >= 0.3 is 0 Å². The van der Waals surface area contributed by atoms with Gasteiger partial charge in [-0.05, 0) is 36.9 Å². The second-order valence-corrected chi connectivity index (χ2v) is 7.11. The van der Waals surface area contributed by atoms with Crippen molar-refractivity contribution in [2.75, 3.05) is 41.5 Å². The summed E-state index contributed by atoms with van der Waals surface area (Å²) < 4.78 is 16.1. The van der Waals surface area contributed by atoms with E-state index in [1.54, 1.807) is 12.1 Å². The van der Waals surface area contributed by atoms with Crippen LogP contribution in [0.4, 0.5) is 0 Å². The van der Waals surface area contributed by atoms with E-state index in [9.17, 15) is 4.79 Å². The van der Waals surface area contributed by atoms with E-state index in [1.807, 2.05) is 36.2 Å². The Kier molecular flexibility index (Phi) is 6.31. The minimum atomic E-state index is -0.0732. The van der Waals surface area contributed by atoms with Gasteiger partial charge in [-0.25, -0.2) is 0 Å². The van der Waals surface area contributed by atoms with E-state index >= 15 is 0 Å². The summed E-state index contributed by atoms with van der Waals surface area (Å²) in [7, 11) is 6.53. The lowest BCUT2D eigenvalue weighted by molar-refractivity contribution is 0.0787. The quantitative estimate of drug-likeness (QED) is 0.801. The van der Waals surface area contributed by atoms with Crippen LogP contribution in [0.5, 0.6) is 17.2 Å². The molecule has 2 aromatic carbocycles. The van der Waals surface area contributed by atoms with E-state index in [0.717, 1.165) is 5.56 Å². The largest absolute Gasteiger partial charge is 0.493 e. The molecule has 0 unspecified atom stereocenters. The van der Waals surface area contributed by atoms with Crippen molar-refractivity contribution in [1.29, 1.82) is 0 Å². The molecule has 0 bridgehead atoms. The number of ether oxygens (including phenoxy) is 3. The van der Waals surface area contributed by atoms with E-state index in [-0.39, 0.29) is 17.9 Å². The zero-order valence-corrected chi connectivity index (χ0v) is 17.2. The van der Waals surface area contributed by atoms with Crippen molar-refractivity contribution in [3.63, 3.8) is 0 Å². The molecule has 1 amide bonds. The molecule has 1 N–H and O–H groups in total. The smallest absolute Gasteiger partial charge is 0.254 e. The maximum absolute atomic E-state index is 13.2. The fourth-order valence-electron chi connectivity index (χ4n) is 3.70. The number of methoxy groups -OCH3 is 3. The summed E-state index contributed by atoms with van der Waals surface area (Å²) in [4.78, 5) is 15.0. The van der Waals surface area contributed by atoms with Gasteiger partial charge < -0.3 is 24.4 Å². The highest BCUT2D eigenvalue weighted by Gasteiger charge is 2.36. The number of likely N-dealkylation sites (tertiary alicyclic amines) is 1. The number of amides is 1. The van der Waals surface area contributed by atoms with Crippen LogP contribution in [-0.4, -0.2) is 58.3 Å². The number of carbonyl (C=O) groups excluding carboxylic acids is 1. The van der Waals surface area contributed by atoms with Crippen LogP contribution < -0.4 is 19.5 Å². The first-order valence-electron chi connectivity index (χ1n) is 9.04. The van der Waals surface area contributed by atoms with Crippen molar-refractivity contribution in [3.05, 3.63) is 52.5 Å². The number of nitrogens with zero attached hydrogens (tertiary/aromatic N) is 1. The predicted octanol–water partition coefficient (Wildman–Crippen LogP) is 3.19. The maximum Gasteiger partial charge on any atom is 0.254 e. The Labute approximate surface area is 170 Å². The Morgan fingerprint density at radius 2 is 1.64 bits per heavy atom. The van der Waals surface area contributed by atoms with E-state index in [0.29, 0.717) is 40.9 Å². The van der Waals surface area contributed by atoms with E-state index < -0.39 is 0 Å². The topological polar surface area (TPSA) is 60.0 Å². The summed E-state index contributed by atoms with van der Waals surface area (Å²) in [6.45, 7) is 1.22. The summed E-state index contributed by atoms with van der Waals surface area (Å²) in [5.41, 5.74) is 1.66. The molecule has 0 spiro atoms. The molecule has 0 saturated carbocycles. The first-order chi connectivity index (χ1) is 13.5. The fourth-order valence-corrected chi connectivity index (χ4v) is 3.82. The standard InChI is InChI=1S/C21H25ClN2O4/c1-23-17-12-24(11-16(17)13-5-7-15(22)8-6-13)21(25)14-9-18(26-2)20(28-4)19(10-14)27-3/h5-10,16-17,23H,11-12H2,1-4H3/t16-,17-/m1/s1. The second kappa shape index (κ2) is 8.71. The predicted molar refractivity (Wildman–Crippen MR) is 109 cm³/mol. The highest BCUT2D eigenvalue weighted by Crippen LogP contribution is 2.39. The van der Waals surface area contributed by atoms with Crippen LogP contribution in [0.3, 0.4) is 0 Å². The third-order valence-electron chi connectivity index (χ3n) is 5.19. The fraction of sp³-hybridized carbons (Fsp3) is 0.381. The zero-order chi connectivity index (χ0) is 20.3. The number of likely N-dealkylation sites (N-methyl/N-ethyl adjacent to an activating group) is 1. The van der Waals surface area contributed by atoms with Gasteiger partial charge in [-0.1, -0.05) is 23.7 Å². The van der Waals surface area contributed by atoms with Gasteiger partial charge in [0.1, 0.15) is 0 Å². The molecule has 7 heteroatoms. The Bertz CT molecular complexity index is 816. The lowest BCUT2D eigenvalue weighted by Crippen LogP contribution is -2.34. The molecule has 0 aliphatic carbocycles. The molecule has 1 heterocycles. The Balaban J connectivity index is 1.87. The van der Waals surface area contributed by atoms with Gasteiger partial charge in [-0.3, -0.25) is 4.79 Å². The molecular formula is C21H25ClN2O4. The molecule has 2 atom stereocenters. The van der Waals surface area contributed by atoms with Gasteiger partial charge in [-0.2, -0.15) is 0 Å². The number of hydrogen-bond donors (Lipinski definition) is 1. The summed E-state index contributed by atoms with van der Waals surface area (Å²) in [6.07, 6.45) is 0. The van der Waals surface area contributed by atoms with Crippen LogP contribution in [0.25, 0.3) is 0 Å². The van der Waals surface area contributed by atoms with Crippen LogP contribution in [0, 0.1) is 0 Å². The molecule has 150 valence electrons. The lowest BCUT2D eigenvalue weighted by Gasteiger charge is -2.19. The molecule has 3 rings (SSSR count). The van der Waals surface area contributed by atoms with Gasteiger partial charge in [0.15, 0.2) is 11.5 Å². The SMILES string of the molecule is CN[C@@H]1CN(C(=O)c2cc(OC)c(OC)c(OC)c2)C[C@@H]1c1ccc(Cl)cc1. The van der Waals surface area contributed by atoms with Crippen molar-refractivity contribution in [2.45, 2.75) is 12.0 Å². The molecule has 1 aliphatic heterocycles. The molecule has 1 fully saturated rings. The molecule has 28 heavy (non-hydrogen) atoms. The minimum absolute atomic E-state index is 0.0732. The van der Waals surface area contributed by atoms with Crippen LogP contribution >= 0.6 is 11.6 Å². The Morgan fingerprint density at radius 1 is 1.04 bits per heavy atom. The molecule has 0 aromatic heterocycles. The minimum Gasteiger partial charge on any atom is -0.493 e. The van der Waals surface area contributed by atoms with Crippen molar-refractivity contribution in [3.8, 4) is 17.2 Å². The number of rotatable bonds is 6. The summed E-state index contributed by atoms with van der Waals surface area (Å²) >= 11 is 6.02. The zero-order valence-electron chi connectivity index (χ0n) is 16.5. The highest BCUT2D eigenvalue weighted by molar-refractivity contribution is 6.30. The monoisotopic (exact) mass is 404 g/mol. The number of nitrogens with one attached hydrogen (secondary N) is 1. The van der Waals surface area contributed by atoms with E-state index in [2.05, 4.69) is 5.32 Å². The number of halogens is 1. The molecule has 2 aromatic rings. The van der Waals surface area contributed by atoms with Crippen LogP contribution in [0.1, 0.15) is 21.8 Å². The van der Waals surface area contributed by atoms with Gasteiger partial charge in [0.05, 0.1) is 21.3 Å². The van der Waals surface area contributed by atoms with Crippen LogP contribution in [0.15, 0.2) is 36.4 Å². The average molecular weight is 405 g/mol. The molecule has 1 saturated heterocycles. The van der Waals surface area contributed by atoms with Crippen molar-refractivity contribution < 1.29 is 19.0 Å². The first kappa shape index (κ1) is 20.3. The third kappa shape index (κ3) is 3.88. The van der Waals surface area contributed by atoms with E-state index in [1.165, 1.54) is 21.3 Å². The van der Waals surface area contributed by atoms with Gasteiger partial charge in [0.2, 0.25) is 5.75 Å². The van der Waals surface area contributed by atoms with Crippen LogP contribution in [-0.2, 0) is 0 Å². The van der Waals surface area contributed by atoms with Gasteiger partial charge in [-0.15, -0.1) is 0 Å². The number of hydrogen-bond acceptors (Lipinski definition) is 5. The van der Waals surface area contributed by atoms with Crippen LogP contribution in [0.2, 0.25) is 5.02 Å². The summed E-state index contributed by atoms with van der Waals surface area (Å²) in [6, 6.07) is 11.3. The molecular weight excluding hydrogens is 380 g/mol.